The quantitative estimate of drug-likeness (QED) is 0.154. The van der Waals surface area contributed by atoms with E-state index in [-0.39, 0.29) is 0 Å². The topological polar surface area (TPSA) is 0 Å². The molecule has 1 aliphatic rings. The van der Waals surface area contributed by atoms with Crippen molar-refractivity contribution in [3.63, 3.8) is 0 Å². The molecule has 0 saturated carbocycles. The molecule has 6 aromatic rings. The third kappa shape index (κ3) is 4.84. The van der Waals surface area contributed by atoms with E-state index in [0.29, 0.717) is 0 Å². The number of hydrogen-bond donors (Lipinski definition) is 0. The molecule has 0 bridgehead atoms. The number of benzene rings is 6. The van der Waals surface area contributed by atoms with Crippen LogP contribution in [0.5, 0.6) is 0 Å². The predicted molar refractivity (Wildman–Crippen MR) is 206 cm³/mol. The Morgan fingerprint density at radius 3 is 0.591 bits per heavy atom. The largest absolute Gasteiger partial charge is 0.0855 e. The highest BCUT2D eigenvalue weighted by Gasteiger charge is 2.52. The van der Waals surface area contributed by atoms with Crippen molar-refractivity contribution in [2.75, 3.05) is 0 Å². The van der Waals surface area contributed by atoms with E-state index in [1.54, 1.807) is 0 Å². The molecule has 0 radical (unpaired) electrons. The van der Waals surface area contributed by atoms with Crippen molar-refractivity contribution in [2.24, 2.45) is 0 Å². The Morgan fingerprint density at radius 2 is 0.432 bits per heavy atom. The predicted octanol–water partition coefficient (Wildman–Crippen LogP) is 9.43. The molecular weight excluding hydrogens is 651 g/mol. The summed E-state index contributed by atoms with van der Waals surface area (Å²) in [6, 6.07) is 65.9. The molecule has 0 aromatic heterocycles. The van der Waals surface area contributed by atoms with Crippen LogP contribution in [0.4, 0.5) is 0 Å². The van der Waals surface area contributed by atoms with E-state index in [2.05, 4.69) is 182 Å². The molecule has 1 aliphatic heterocycles. The van der Waals surface area contributed by atoms with Crippen LogP contribution in [0.3, 0.4) is 0 Å². The van der Waals surface area contributed by atoms with Crippen LogP contribution in [0.25, 0.3) is 0 Å². The van der Waals surface area contributed by atoms with E-state index in [0.717, 1.165) is 0 Å². The Bertz CT molecular complexity index is 1610. The Labute approximate surface area is 272 Å². The molecule has 0 N–H and O–H groups in total. The first kappa shape index (κ1) is 30.0. The Kier molecular flexibility index (Phi) is 8.87. The Balaban J connectivity index is 1.68. The van der Waals surface area contributed by atoms with Gasteiger partial charge in [-0.25, -0.2) is 0 Å². The average Bonchev–Trinajstić information content (AvgIpc) is 3.11. The maximum absolute atomic E-state index is 8.02. The second-order valence-corrected chi connectivity index (χ2v) is 24.2. The third-order valence-corrected chi connectivity index (χ3v) is 30.5. The van der Waals surface area contributed by atoms with Gasteiger partial charge in [-0.2, -0.15) is 0 Å². The van der Waals surface area contributed by atoms with Crippen LogP contribution < -0.4 is 31.8 Å². The summed E-state index contributed by atoms with van der Waals surface area (Å²) in [6.45, 7) is -4.69. The molecule has 0 atom stereocenters. The van der Waals surface area contributed by atoms with Gasteiger partial charge in [0.15, 0.2) is 0 Å². The smallest absolute Gasteiger partial charge is 0.0585 e. The molecular formula is C38H30Cl2P4. The van der Waals surface area contributed by atoms with Crippen LogP contribution in [0.15, 0.2) is 182 Å². The van der Waals surface area contributed by atoms with E-state index in [1.165, 1.54) is 41.4 Å². The second-order valence-electron chi connectivity index (χ2n) is 10.5. The maximum atomic E-state index is 8.02. The van der Waals surface area contributed by atoms with Gasteiger partial charge in [-0.1, -0.05) is 204 Å². The van der Waals surface area contributed by atoms with Crippen molar-refractivity contribution < 1.29 is 0 Å². The van der Waals surface area contributed by atoms with Gasteiger partial charge in [0.25, 0.3) is 0 Å². The fraction of sp³-hybridized carbons (Fsp3) is 0. The van der Waals surface area contributed by atoms with Gasteiger partial charge in [0.05, 0.1) is 14.5 Å². The van der Waals surface area contributed by atoms with Gasteiger partial charge in [-0.15, -0.1) is 0 Å². The fourth-order valence-corrected chi connectivity index (χ4v) is 33.8. The zero-order valence-electron chi connectivity index (χ0n) is 23.9. The molecule has 1 heterocycles. The zero-order valence-corrected chi connectivity index (χ0v) is 29.0. The van der Waals surface area contributed by atoms with Crippen LogP contribution in [0, 0.1) is 0 Å². The van der Waals surface area contributed by atoms with Crippen molar-refractivity contribution in [2.45, 2.75) is 0 Å². The molecule has 0 aliphatic carbocycles. The minimum Gasteiger partial charge on any atom is -0.0855 e. The normalized spacial score (nSPS) is 16.8. The highest BCUT2D eigenvalue weighted by atomic mass is 35.7. The van der Waals surface area contributed by atoms with Crippen LogP contribution in [0.1, 0.15) is 0 Å². The highest BCUT2D eigenvalue weighted by molar-refractivity contribution is 8.60. The summed E-state index contributed by atoms with van der Waals surface area (Å²) < 4.78 is 2.69. The monoisotopic (exact) mass is 680 g/mol. The third-order valence-electron chi connectivity index (χ3n) is 8.16. The minimum absolute atomic E-state index is 1.20. The molecule has 216 valence electrons. The van der Waals surface area contributed by atoms with E-state index in [4.69, 9.17) is 22.5 Å². The highest BCUT2D eigenvalue weighted by Crippen LogP contribution is 2.87. The van der Waals surface area contributed by atoms with Gasteiger partial charge in [-0.05, 0) is 45.6 Å². The summed E-state index contributed by atoms with van der Waals surface area (Å²) in [5, 5.41) is 7.81. The molecule has 6 aromatic carbocycles. The maximum Gasteiger partial charge on any atom is 0.0585 e. The van der Waals surface area contributed by atoms with Crippen LogP contribution in [-0.4, -0.2) is 9.55 Å². The lowest BCUT2D eigenvalue weighted by molar-refractivity contribution is 1.73. The van der Waals surface area contributed by atoms with Crippen molar-refractivity contribution in [3.05, 3.63) is 182 Å². The van der Waals surface area contributed by atoms with E-state index < -0.39 is 28.3 Å². The van der Waals surface area contributed by atoms with Crippen LogP contribution >= 0.6 is 50.8 Å². The number of rotatable bonds is 6. The summed E-state index contributed by atoms with van der Waals surface area (Å²) >= 11 is 16.0. The number of halogens is 2. The lowest BCUT2D eigenvalue weighted by atomic mass is 10.4. The lowest BCUT2D eigenvalue weighted by Crippen LogP contribution is -2.36. The number of hydrogen-bond acceptors (Lipinski definition) is 0. The SMILES string of the molecule is ClP1C(=P(c2ccccc2)(c2ccccc2)c2ccccc2)P(Cl)C1=P(c1ccccc1)(c1ccccc1)c1ccccc1. The second kappa shape index (κ2) is 13.0. The molecule has 0 amide bonds. The molecule has 1 fully saturated rings. The van der Waals surface area contributed by atoms with Crippen molar-refractivity contribution in [3.8, 4) is 0 Å². The minimum atomic E-state index is -2.34. The van der Waals surface area contributed by atoms with Gasteiger partial charge in [0, 0.05) is 9.55 Å². The fourth-order valence-electron chi connectivity index (χ4n) is 6.31. The zero-order chi connectivity index (χ0) is 30.0. The molecule has 0 nitrogen and oxygen atoms in total. The van der Waals surface area contributed by atoms with Crippen LogP contribution in [0.2, 0.25) is 0 Å². The molecule has 44 heavy (non-hydrogen) atoms. The van der Waals surface area contributed by atoms with Crippen molar-refractivity contribution >= 4 is 92.2 Å². The molecule has 1 saturated heterocycles. The first-order chi connectivity index (χ1) is 21.7. The Morgan fingerprint density at radius 1 is 0.273 bits per heavy atom. The summed E-state index contributed by atoms with van der Waals surface area (Å²) in [4.78, 5) is 0. The van der Waals surface area contributed by atoms with E-state index >= 15 is 0 Å². The molecule has 0 spiro atoms. The van der Waals surface area contributed by atoms with Gasteiger partial charge >= 0.3 is 0 Å². The van der Waals surface area contributed by atoms with Gasteiger partial charge in [-0.3, -0.25) is 0 Å². The molecule has 6 heteroatoms. The lowest BCUT2D eigenvalue weighted by Gasteiger charge is -2.48. The van der Waals surface area contributed by atoms with E-state index in [1.807, 2.05) is 0 Å². The average molecular weight is 681 g/mol. The van der Waals surface area contributed by atoms with Crippen molar-refractivity contribution in [1.29, 1.82) is 0 Å². The van der Waals surface area contributed by atoms with E-state index in [9.17, 15) is 0 Å². The molecule has 7 rings (SSSR count). The van der Waals surface area contributed by atoms with Crippen molar-refractivity contribution in [1.82, 2.24) is 0 Å². The summed E-state index contributed by atoms with van der Waals surface area (Å²) in [5.74, 6) is 0. The summed E-state index contributed by atoms with van der Waals surface area (Å²) in [7, 11) is -2.40. The van der Waals surface area contributed by atoms with Gasteiger partial charge in [0.2, 0.25) is 0 Å². The standard InChI is InChI=1S/C38H30Cl2P4/c39-41-37(43(31-19-7-1-8-20-31,32-21-9-2-10-22-32)33-23-11-3-12-24-33)42(40)38(41)44(34-25-13-4-14-26-34,35-27-15-5-16-28-35)36-29-17-6-18-30-36/h1-30H. The van der Waals surface area contributed by atoms with Crippen LogP contribution in [-0.2, 0) is 0 Å². The first-order valence-electron chi connectivity index (χ1n) is 14.5. The van der Waals surface area contributed by atoms with Gasteiger partial charge in [0.1, 0.15) is 0 Å². The summed E-state index contributed by atoms with van der Waals surface area (Å²) in [5.41, 5.74) is 0. The first-order valence-corrected chi connectivity index (χ1v) is 22.6. The van der Waals surface area contributed by atoms with Gasteiger partial charge < -0.3 is 0 Å². The molecule has 0 unspecified atom stereocenters. The Hall–Kier alpha value is -2.64. The summed E-state index contributed by atoms with van der Waals surface area (Å²) in [6.07, 6.45) is 0.